The van der Waals surface area contributed by atoms with Gasteiger partial charge in [0.2, 0.25) is 0 Å². The van der Waals surface area contributed by atoms with E-state index in [-0.39, 0.29) is 5.78 Å². The third kappa shape index (κ3) is 2.19. The predicted octanol–water partition coefficient (Wildman–Crippen LogP) is 3.69. The lowest BCUT2D eigenvalue weighted by Crippen LogP contribution is -2.13. The van der Waals surface area contributed by atoms with E-state index >= 15 is 0 Å². The maximum atomic E-state index is 12.6. The van der Waals surface area contributed by atoms with Crippen molar-refractivity contribution in [3.05, 3.63) is 51.9 Å². The van der Waals surface area contributed by atoms with Gasteiger partial charge in [-0.2, -0.15) is 0 Å². The number of benzene rings is 1. The van der Waals surface area contributed by atoms with Crippen LogP contribution in [0.2, 0.25) is 0 Å². The summed E-state index contributed by atoms with van der Waals surface area (Å²) in [6, 6.07) is 9.42. The van der Waals surface area contributed by atoms with Gasteiger partial charge < -0.3 is 5.73 Å². The lowest BCUT2D eigenvalue weighted by molar-refractivity contribution is 0.103. The summed E-state index contributed by atoms with van der Waals surface area (Å²) < 4.78 is 0. The molecule has 1 atom stereocenters. The first-order valence-corrected chi connectivity index (χ1v) is 7.48. The minimum Gasteiger partial charge on any atom is -0.390 e. The third-order valence-corrected chi connectivity index (χ3v) is 4.89. The number of thiophene rings is 1. The van der Waals surface area contributed by atoms with Crippen LogP contribution < -0.4 is 5.73 Å². The van der Waals surface area contributed by atoms with Gasteiger partial charge in [-0.1, -0.05) is 37.3 Å². The van der Waals surface area contributed by atoms with Crippen molar-refractivity contribution < 1.29 is 4.79 Å². The molecule has 3 rings (SSSR count). The van der Waals surface area contributed by atoms with Crippen molar-refractivity contribution >= 4 is 22.1 Å². The molecule has 2 N–H and O–H groups in total. The molecule has 0 bridgehead atoms. The molecule has 1 aliphatic rings. The molecule has 0 saturated carbocycles. The zero-order valence-electron chi connectivity index (χ0n) is 11.0. The number of carbonyl (C=O) groups excluding carboxylic acids is 1. The van der Waals surface area contributed by atoms with Crippen LogP contribution >= 0.6 is 11.3 Å². The number of fused-ring (bicyclic) bond motifs is 1. The van der Waals surface area contributed by atoms with Crippen LogP contribution in [0, 0.1) is 5.92 Å². The van der Waals surface area contributed by atoms with Crippen molar-refractivity contribution in [1.29, 1.82) is 0 Å². The average Bonchev–Trinajstić information content (AvgIpc) is 2.74. The van der Waals surface area contributed by atoms with Crippen molar-refractivity contribution in [2.24, 2.45) is 5.92 Å². The Kier molecular flexibility index (Phi) is 3.15. The van der Waals surface area contributed by atoms with Crippen molar-refractivity contribution in [3.8, 4) is 0 Å². The molecule has 1 heterocycles. The second-order valence-electron chi connectivity index (χ2n) is 5.29. The summed E-state index contributed by atoms with van der Waals surface area (Å²) in [4.78, 5) is 13.9. The van der Waals surface area contributed by atoms with Crippen molar-refractivity contribution in [3.63, 3.8) is 0 Å². The Morgan fingerprint density at radius 2 is 2.05 bits per heavy atom. The molecule has 1 aromatic heterocycles. The van der Waals surface area contributed by atoms with Gasteiger partial charge in [0.25, 0.3) is 0 Å². The monoisotopic (exact) mass is 271 g/mol. The Morgan fingerprint density at radius 3 is 2.79 bits per heavy atom. The fourth-order valence-corrected chi connectivity index (χ4v) is 4.03. The van der Waals surface area contributed by atoms with Crippen molar-refractivity contribution in [2.75, 3.05) is 5.73 Å². The Labute approximate surface area is 117 Å². The van der Waals surface area contributed by atoms with Crippen LogP contribution in [0.4, 0.5) is 5.00 Å². The normalized spacial score (nSPS) is 18.1. The number of hydrogen-bond donors (Lipinski definition) is 1. The number of hydrogen-bond acceptors (Lipinski definition) is 3. The molecule has 0 aliphatic heterocycles. The summed E-state index contributed by atoms with van der Waals surface area (Å²) >= 11 is 1.60. The molecule has 1 aromatic carbocycles. The van der Waals surface area contributed by atoms with Gasteiger partial charge in [0, 0.05) is 10.4 Å². The van der Waals surface area contributed by atoms with Gasteiger partial charge in [-0.05, 0) is 30.7 Å². The van der Waals surface area contributed by atoms with Crippen LogP contribution in [0.25, 0.3) is 0 Å². The quantitative estimate of drug-likeness (QED) is 0.847. The second kappa shape index (κ2) is 4.82. The van der Waals surface area contributed by atoms with Gasteiger partial charge in [-0.3, -0.25) is 4.79 Å². The van der Waals surface area contributed by atoms with Gasteiger partial charge in [0.15, 0.2) is 5.78 Å². The van der Waals surface area contributed by atoms with E-state index in [0.29, 0.717) is 10.9 Å². The molecule has 0 spiro atoms. The number of anilines is 1. The van der Waals surface area contributed by atoms with E-state index in [1.54, 1.807) is 11.3 Å². The molecular weight excluding hydrogens is 254 g/mol. The SMILES string of the molecule is C[C@H]1CCc2c(sc(N)c2C(=O)c2ccccc2)C1. The van der Waals surface area contributed by atoms with Crippen LogP contribution in [-0.4, -0.2) is 5.78 Å². The van der Waals surface area contributed by atoms with E-state index in [2.05, 4.69) is 6.92 Å². The summed E-state index contributed by atoms with van der Waals surface area (Å²) in [6.45, 7) is 2.26. The summed E-state index contributed by atoms with van der Waals surface area (Å²) in [7, 11) is 0. The molecule has 0 unspecified atom stereocenters. The number of ketones is 1. The van der Waals surface area contributed by atoms with E-state index < -0.39 is 0 Å². The zero-order valence-corrected chi connectivity index (χ0v) is 11.8. The highest BCUT2D eigenvalue weighted by molar-refractivity contribution is 7.16. The third-order valence-electron chi connectivity index (χ3n) is 3.80. The average molecular weight is 271 g/mol. The van der Waals surface area contributed by atoms with E-state index in [9.17, 15) is 4.79 Å². The first-order valence-electron chi connectivity index (χ1n) is 6.66. The molecule has 0 amide bonds. The standard InChI is InChI=1S/C16H17NOS/c1-10-7-8-12-13(9-10)19-16(17)14(12)15(18)11-5-3-2-4-6-11/h2-6,10H,7-9,17H2,1H3/t10-/m0/s1. The highest BCUT2D eigenvalue weighted by Gasteiger charge is 2.26. The number of rotatable bonds is 2. The Bertz CT molecular complexity index is 615. The van der Waals surface area contributed by atoms with Crippen molar-refractivity contribution in [2.45, 2.75) is 26.2 Å². The van der Waals surface area contributed by atoms with E-state index in [1.807, 2.05) is 30.3 Å². The van der Waals surface area contributed by atoms with Crippen LogP contribution in [0.5, 0.6) is 0 Å². The molecule has 0 radical (unpaired) electrons. The van der Waals surface area contributed by atoms with Gasteiger partial charge >= 0.3 is 0 Å². The number of nitrogen functional groups attached to an aromatic ring is 1. The van der Waals surface area contributed by atoms with Gasteiger partial charge in [-0.15, -0.1) is 11.3 Å². The smallest absolute Gasteiger partial charge is 0.196 e. The zero-order chi connectivity index (χ0) is 13.4. The maximum absolute atomic E-state index is 12.6. The molecule has 2 aromatic rings. The molecule has 98 valence electrons. The molecular formula is C16H17NOS. The molecule has 2 nitrogen and oxygen atoms in total. The molecule has 0 saturated heterocycles. The topological polar surface area (TPSA) is 43.1 Å². The number of carbonyl (C=O) groups is 1. The summed E-state index contributed by atoms with van der Waals surface area (Å²) in [5.41, 5.74) is 8.80. The van der Waals surface area contributed by atoms with Crippen molar-refractivity contribution in [1.82, 2.24) is 0 Å². The van der Waals surface area contributed by atoms with E-state index in [0.717, 1.165) is 30.4 Å². The Morgan fingerprint density at radius 1 is 1.32 bits per heavy atom. The van der Waals surface area contributed by atoms with E-state index in [1.165, 1.54) is 10.4 Å². The minimum absolute atomic E-state index is 0.0742. The van der Waals surface area contributed by atoms with Crippen LogP contribution in [0.1, 0.15) is 39.7 Å². The largest absolute Gasteiger partial charge is 0.390 e. The van der Waals surface area contributed by atoms with Gasteiger partial charge in [-0.25, -0.2) is 0 Å². The highest BCUT2D eigenvalue weighted by atomic mass is 32.1. The maximum Gasteiger partial charge on any atom is 0.196 e. The summed E-state index contributed by atoms with van der Waals surface area (Å²) in [5.74, 6) is 0.774. The second-order valence-corrected chi connectivity index (χ2v) is 6.42. The highest BCUT2D eigenvalue weighted by Crippen LogP contribution is 2.38. The first-order chi connectivity index (χ1) is 9.16. The predicted molar refractivity (Wildman–Crippen MR) is 79.8 cm³/mol. The fraction of sp³-hybridized carbons (Fsp3) is 0.312. The van der Waals surface area contributed by atoms with Crippen LogP contribution in [-0.2, 0) is 12.8 Å². The van der Waals surface area contributed by atoms with Gasteiger partial charge in [0.1, 0.15) is 0 Å². The summed E-state index contributed by atoms with van der Waals surface area (Å²) in [6.07, 6.45) is 3.20. The van der Waals surface area contributed by atoms with Crippen LogP contribution in [0.15, 0.2) is 30.3 Å². The minimum atomic E-state index is 0.0742. The Balaban J connectivity index is 2.04. The first kappa shape index (κ1) is 12.4. The fourth-order valence-electron chi connectivity index (χ4n) is 2.75. The van der Waals surface area contributed by atoms with E-state index in [4.69, 9.17) is 5.73 Å². The lowest BCUT2D eigenvalue weighted by atomic mass is 9.87. The molecule has 19 heavy (non-hydrogen) atoms. The number of nitrogens with two attached hydrogens (primary N) is 1. The van der Waals surface area contributed by atoms with Gasteiger partial charge in [0.05, 0.1) is 10.6 Å². The summed E-state index contributed by atoms with van der Waals surface area (Å²) in [5, 5.41) is 0.688. The van der Waals surface area contributed by atoms with Crippen LogP contribution in [0.3, 0.4) is 0 Å². The molecule has 0 fully saturated rings. The Hall–Kier alpha value is -1.61. The molecule has 3 heteroatoms. The molecule has 1 aliphatic carbocycles. The lowest BCUT2D eigenvalue weighted by Gasteiger charge is -2.18.